The SMILES string of the molecule is CC1CCC(S(=O)(=O)C(N=[N-])S(=O)(=O)C2CCC(C)CC2C)C(C)C1. The molecule has 0 spiro atoms. The van der Waals surface area contributed by atoms with Crippen LogP contribution in [0.4, 0.5) is 0 Å². The highest BCUT2D eigenvalue weighted by Crippen LogP contribution is 2.39. The van der Waals surface area contributed by atoms with E-state index in [4.69, 9.17) is 0 Å². The second-order valence-electron chi connectivity index (χ2n) is 8.47. The lowest BCUT2D eigenvalue weighted by Gasteiger charge is -2.37. The molecule has 146 valence electrons. The van der Waals surface area contributed by atoms with Gasteiger partial charge in [-0.25, -0.2) is 16.8 Å². The molecule has 0 radical (unpaired) electrons. The molecule has 0 bridgehead atoms. The zero-order valence-corrected chi connectivity index (χ0v) is 17.3. The van der Waals surface area contributed by atoms with Crippen molar-refractivity contribution < 1.29 is 16.8 Å². The van der Waals surface area contributed by atoms with Gasteiger partial charge in [0.05, 0.1) is 10.5 Å². The van der Waals surface area contributed by atoms with Crippen LogP contribution in [0.5, 0.6) is 0 Å². The second-order valence-corrected chi connectivity index (χ2v) is 13.2. The average Bonchev–Trinajstić information content (AvgIpc) is 2.46. The smallest absolute Gasteiger partial charge is 0.233 e. The van der Waals surface area contributed by atoms with E-state index in [2.05, 4.69) is 19.0 Å². The molecule has 0 aromatic heterocycles. The van der Waals surface area contributed by atoms with Crippen LogP contribution in [-0.4, -0.2) is 32.0 Å². The fourth-order valence-electron chi connectivity index (χ4n) is 4.87. The van der Waals surface area contributed by atoms with Gasteiger partial charge in [0.2, 0.25) is 4.71 Å². The van der Waals surface area contributed by atoms with Crippen molar-refractivity contribution in [3.63, 3.8) is 0 Å². The third-order valence-corrected chi connectivity index (χ3v) is 12.2. The molecule has 2 rings (SSSR count). The molecule has 0 aromatic carbocycles. The lowest BCUT2D eigenvalue weighted by molar-refractivity contribution is 0.298. The summed E-state index contributed by atoms with van der Waals surface area (Å²) in [7, 11) is -8.19. The Morgan fingerprint density at radius 3 is 1.40 bits per heavy atom. The first kappa shape index (κ1) is 20.8. The maximum Gasteiger partial charge on any atom is 0.233 e. The minimum atomic E-state index is -4.10. The molecular weight excluding hydrogens is 360 g/mol. The summed E-state index contributed by atoms with van der Waals surface area (Å²) in [6.45, 7) is 7.86. The van der Waals surface area contributed by atoms with Gasteiger partial charge in [-0.05, 0) is 62.2 Å². The van der Waals surface area contributed by atoms with E-state index in [9.17, 15) is 22.4 Å². The summed E-state index contributed by atoms with van der Waals surface area (Å²) in [5, 5.41) is 1.41. The van der Waals surface area contributed by atoms with Crippen LogP contribution in [-0.2, 0) is 19.7 Å². The summed E-state index contributed by atoms with van der Waals surface area (Å²) >= 11 is 0. The summed E-state index contributed by atoms with van der Waals surface area (Å²) in [5.41, 5.74) is 9.40. The van der Waals surface area contributed by atoms with Crippen molar-refractivity contribution in [2.24, 2.45) is 28.8 Å². The van der Waals surface area contributed by atoms with E-state index in [1.807, 2.05) is 13.8 Å². The van der Waals surface area contributed by atoms with Gasteiger partial charge in [-0.1, -0.05) is 27.7 Å². The first-order valence-electron chi connectivity index (χ1n) is 9.31. The predicted octanol–water partition coefficient (Wildman–Crippen LogP) is 3.77. The monoisotopic (exact) mass is 391 g/mol. The van der Waals surface area contributed by atoms with Gasteiger partial charge in [-0.3, -0.25) is 0 Å². The fraction of sp³-hybridized carbons (Fsp3) is 1.00. The van der Waals surface area contributed by atoms with Crippen LogP contribution >= 0.6 is 0 Å². The third kappa shape index (κ3) is 4.10. The summed E-state index contributed by atoms with van der Waals surface area (Å²) in [4.78, 5) is 0. The van der Waals surface area contributed by atoms with Crippen LogP contribution in [0.15, 0.2) is 5.11 Å². The first-order chi connectivity index (χ1) is 11.5. The lowest BCUT2D eigenvalue weighted by atomic mass is 9.83. The molecule has 2 saturated carbocycles. The van der Waals surface area contributed by atoms with E-state index in [1.165, 1.54) is 0 Å². The standard InChI is InChI=1S/C17H31N2O4S2/c1-11-5-7-15(13(3)9-11)24(20,21)17(19-18)25(22,23)16-8-6-12(2)10-14(16)4/h11-17H,5-10H2,1-4H3/q-1. The Labute approximate surface area is 152 Å². The van der Waals surface area contributed by atoms with E-state index in [1.54, 1.807) is 0 Å². The number of sulfone groups is 2. The second kappa shape index (κ2) is 7.62. The Balaban J connectivity index is 2.32. The van der Waals surface area contributed by atoms with E-state index in [-0.39, 0.29) is 11.8 Å². The van der Waals surface area contributed by atoms with Crippen molar-refractivity contribution in [3.05, 3.63) is 5.53 Å². The van der Waals surface area contributed by atoms with Crippen molar-refractivity contribution in [3.8, 4) is 0 Å². The minimum absolute atomic E-state index is 0.128. The predicted molar refractivity (Wildman–Crippen MR) is 99.3 cm³/mol. The third-order valence-electron chi connectivity index (χ3n) is 6.21. The van der Waals surface area contributed by atoms with E-state index >= 15 is 0 Å². The molecule has 2 aliphatic carbocycles. The topological polar surface area (TPSA) is 103 Å². The molecule has 0 aromatic rings. The highest BCUT2D eigenvalue weighted by atomic mass is 32.3. The molecule has 0 amide bonds. The Morgan fingerprint density at radius 2 is 1.12 bits per heavy atom. The van der Waals surface area contributed by atoms with Crippen molar-refractivity contribution in [1.82, 2.24) is 0 Å². The zero-order valence-electron chi connectivity index (χ0n) is 15.6. The molecule has 0 aliphatic heterocycles. The summed E-state index contributed by atoms with van der Waals surface area (Å²) < 4.78 is 50.2. The zero-order chi connectivity index (χ0) is 19.0. The van der Waals surface area contributed by atoms with Gasteiger partial charge in [-0.15, -0.1) is 0 Å². The normalized spacial score (nSPS) is 38.9. The highest BCUT2D eigenvalue weighted by Gasteiger charge is 2.48. The summed E-state index contributed by atoms with van der Waals surface area (Å²) in [5.74, 6) is 0.610. The van der Waals surface area contributed by atoms with Gasteiger partial charge in [-0.2, -0.15) is 0 Å². The maximum absolute atomic E-state index is 13.1. The molecule has 25 heavy (non-hydrogen) atoms. The van der Waals surface area contributed by atoms with Crippen LogP contribution in [0.3, 0.4) is 0 Å². The molecule has 0 heterocycles. The molecule has 6 nitrogen and oxygen atoms in total. The number of rotatable bonds is 5. The number of nitrogens with zero attached hydrogens (tertiary/aromatic N) is 2. The molecule has 2 aliphatic rings. The molecule has 8 heteroatoms. The summed E-state index contributed by atoms with van der Waals surface area (Å²) in [6.07, 6.45) is 3.87. The van der Waals surface area contributed by atoms with Crippen LogP contribution in [0, 0.1) is 23.7 Å². The van der Waals surface area contributed by atoms with Crippen LogP contribution in [0.2, 0.25) is 0 Å². The van der Waals surface area contributed by atoms with Gasteiger partial charge in [0.15, 0.2) is 19.7 Å². The minimum Gasteiger partial charge on any atom is -0.710 e. The molecule has 0 N–H and O–H groups in total. The Bertz CT molecular complexity index is 633. The fourth-order valence-corrected chi connectivity index (χ4v) is 10.5. The summed E-state index contributed by atoms with van der Waals surface area (Å²) in [6, 6.07) is 0. The molecule has 6 unspecified atom stereocenters. The molecule has 2 fully saturated rings. The van der Waals surface area contributed by atoms with Gasteiger partial charge < -0.3 is 10.6 Å². The quantitative estimate of drug-likeness (QED) is 0.665. The molecular formula is C17H31N2O4S2-. The van der Waals surface area contributed by atoms with Crippen LogP contribution in [0.1, 0.15) is 66.2 Å². The van der Waals surface area contributed by atoms with Gasteiger partial charge in [0, 0.05) is 0 Å². The first-order valence-corrected chi connectivity index (χ1v) is 12.5. The Kier molecular flexibility index (Phi) is 6.35. The highest BCUT2D eigenvalue weighted by molar-refractivity contribution is 8.09. The van der Waals surface area contributed by atoms with Crippen molar-refractivity contribution in [2.45, 2.75) is 81.4 Å². The van der Waals surface area contributed by atoms with Gasteiger partial charge in [0.1, 0.15) is 0 Å². The largest absolute Gasteiger partial charge is 0.710 e. The van der Waals surface area contributed by atoms with Crippen LogP contribution in [0.25, 0.3) is 5.53 Å². The number of hydrogen-bond donors (Lipinski definition) is 0. The van der Waals surface area contributed by atoms with Gasteiger partial charge in [0.25, 0.3) is 0 Å². The van der Waals surface area contributed by atoms with Crippen molar-refractivity contribution >= 4 is 19.7 Å². The average molecular weight is 392 g/mol. The van der Waals surface area contributed by atoms with E-state index < -0.39 is 34.9 Å². The van der Waals surface area contributed by atoms with Crippen molar-refractivity contribution in [1.29, 1.82) is 0 Å². The van der Waals surface area contributed by atoms with Gasteiger partial charge >= 0.3 is 0 Å². The number of hydrogen-bond acceptors (Lipinski definition) is 5. The Morgan fingerprint density at radius 1 is 0.760 bits per heavy atom. The Hall–Kier alpha value is -0.500. The molecule has 0 saturated heterocycles. The lowest BCUT2D eigenvalue weighted by Crippen LogP contribution is -2.46. The van der Waals surface area contributed by atoms with Crippen LogP contribution < -0.4 is 0 Å². The maximum atomic E-state index is 13.1. The molecule has 6 atom stereocenters. The van der Waals surface area contributed by atoms with E-state index in [0.29, 0.717) is 24.7 Å². The van der Waals surface area contributed by atoms with E-state index in [0.717, 1.165) is 25.7 Å². The van der Waals surface area contributed by atoms with Crippen molar-refractivity contribution in [2.75, 3.05) is 0 Å².